The summed E-state index contributed by atoms with van der Waals surface area (Å²) in [6.45, 7) is 0.966. The molecule has 0 aliphatic carbocycles. The average molecular weight is 457 g/mol. The smallest absolute Gasteiger partial charge is 0.417 e. The number of carbonyl (C=O) groups is 3. The predicted molar refractivity (Wildman–Crippen MR) is 103 cm³/mol. The highest BCUT2D eigenvalue weighted by atomic mass is 19.4. The Kier molecular flexibility index (Phi) is 6.37. The molecule has 3 N–H and O–H groups in total. The molecule has 2 heterocycles. The van der Waals surface area contributed by atoms with E-state index < -0.39 is 41.5 Å². The molecule has 32 heavy (non-hydrogen) atoms. The Balaban J connectivity index is 1.67. The molecule has 1 aromatic heterocycles. The predicted octanol–water partition coefficient (Wildman–Crippen LogP) is 2.42. The number of amides is 3. The number of aromatic nitrogens is 2. The van der Waals surface area contributed by atoms with Crippen LogP contribution in [0.4, 0.5) is 28.2 Å². The first-order chi connectivity index (χ1) is 15.0. The SMILES string of the molecule is CC(=O)Nc1ccn(C(=O)N2CC[C@H](Oc3ccc(C(N)=O)c(C(F)(F)F)c3)[C@H](F)C2)n1. The zero-order valence-electron chi connectivity index (χ0n) is 16.7. The zero-order valence-corrected chi connectivity index (χ0v) is 16.7. The van der Waals surface area contributed by atoms with E-state index in [0.717, 1.165) is 16.8 Å². The van der Waals surface area contributed by atoms with Gasteiger partial charge in [0.15, 0.2) is 12.0 Å². The van der Waals surface area contributed by atoms with Gasteiger partial charge in [-0.3, -0.25) is 9.59 Å². The largest absolute Gasteiger partial charge is 0.487 e. The van der Waals surface area contributed by atoms with Crippen LogP contribution in [0, 0.1) is 0 Å². The van der Waals surface area contributed by atoms with E-state index in [-0.39, 0.29) is 37.0 Å². The number of rotatable bonds is 4. The lowest BCUT2D eigenvalue weighted by molar-refractivity contribution is -0.138. The number of alkyl halides is 4. The summed E-state index contributed by atoms with van der Waals surface area (Å²) in [7, 11) is 0. The summed E-state index contributed by atoms with van der Waals surface area (Å²) >= 11 is 0. The zero-order chi connectivity index (χ0) is 23.6. The van der Waals surface area contributed by atoms with Crippen LogP contribution in [-0.4, -0.2) is 57.9 Å². The van der Waals surface area contributed by atoms with Crippen LogP contribution >= 0.6 is 0 Å². The van der Waals surface area contributed by atoms with Gasteiger partial charge in [0.1, 0.15) is 11.9 Å². The molecule has 1 aliphatic rings. The van der Waals surface area contributed by atoms with E-state index in [0.29, 0.717) is 6.07 Å². The van der Waals surface area contributed by atoms with Crippen LogP contribution in [0.3, 0.4) is 0 Å². The molecule has 0 bridgehead atoms. The van der Waals surface area contributed by atoms with Gasteiger partial charge in [0.05, 0.1) is 17.7 Å². The van der Waals surface area contributed by atoms with Gasteiger partial charge in [0, 0.05) is 32.2 Å². The number of hydrogen-bond donors (Lipinski definition) is 2. The third kappa shape index (κ3) is 5.15. The molecular weight excluding hydrogens is 438 g/mol. The number of ether oxygens (including phenoxy) is 1. The third-order valence-corrected chi connectivity index (χ3v) is 4.69. The van der Waals surface area contributed by atoms with E-state index in [4.69, 9.17) is 10.5 Å². The molecule has 3 amide bonds. The van der Waals surface area contributed by atoms with E-state index >= 15 is 0 Å². The maximum absolute atomic E-state index is 14.7. The number of halogens is 4. The number of likely N-dealkylation sites (tertiary alicyclic amines) is 1. The Hall–Kier alpha value is -3.64. The van der Waals surface area contributed by atoms with Gasteiger partial charge in [-0.05, 0) is 18.2 Å². The summed E-state index contributed by atoms with van der Waals surface area (Å²) in [6, 6.07) is 3.34. The summed E-state index contributed by atoms with van der Waals surface area (Å²) in [4.78, 5) is 36.0. The van der Waals surface area contributed by atoms with Gasteiger partial charge in [-0.25, -0.2) is 9.18 Å². The molecule has 2 aromatic rings. The van der Waals surface area contributed by atoms with Crippen LogP contribution in [0.25, 0.3) is 0 Å². The van der Waals surface area contributed by atoms with Crippen molar-refractivity contribution in [3.8, 4) is 5.75 Å². The van der Waals surface area contributed by atoms with E-state index in [1.54, 1.807) is 0 Å². The van der Waals surface area contributed by atoms with Crippen LogP contribution in [0.1, 0.15) is 29.3 Å². The van der Waals surface area contributed by atoms with Gasteiger partial charge in [-0.1, -0.05) is 0 Å². The quantitative estimate of drug-likeness (QED) is 0.684. The number of carbonyl (C=O) groups excluding carboxylic acids is 3. The lowest BCUT2D eigenvalue weighted by Crippen LogP contribution is -2.50. The fourth-order valence-electron chi connectivity index (χ4n) is 3.23. The van der Waals surface area contributed by atoms with Gasteiger partial charge in [-0.15, -0.1) is 5.10 Å². The highest BCUT2D eigenvalue weighted by Crippen LogP contribution is 2.35. The number of primary amides is 1. The summed E-state index contributed by atoms with van der Waals surface area (Å²) in [5.41, 5.74) is 2.98. The van der Waals surface area contributed by atoms with Gasteiger partial charge in [0.2, 0.25) is 11.8 Å². The molecule has 1 fully saturated rings. The van der Waals surface area contributed by atoms with Crippen LogP contribution in [0.5, 0.6) is 5.75 Å². The summed E-state index contributed by atoms with van der Waals surface area (Å²) in [5.74, 6) is -1.75. The van der Waals surface area contributed by atoms with Crippen LogP contribution in [0.15, 0.2) is 30.5 Å². The van der Waals surface area contributed by atoms with E-state index in [2.05, 4.69) is 10.4 Å². The van der Waals surface area contributed by atoms with Crippen molar-refractivity contribution >= 4 is 23.7 Å². The molecule has 9 nitrogen and oxygen atoms in total. The van der Waals surface area contributed by atoms with Crippen molar-refractivity contribution in [3.63, 3.8) is 0 Å². The molecule has 0 unspecified atom stereocenters. The lowest BCUT2D eigenvalue weighted by Gasteiger charge is -2.34. The van der Waals surface area contributed by atoms with Crippen molar-refractivity contribution in [1.29, 1.82) is 0 Å². The van der Waals surface area contributed by atoms with Crippen LogP contribution < -0.4 is 15.8 Å². The lowest BCUT2D eigenvalue weighted by atomic mass is 10.0. The van der Waals surface area contributed by atoms with E-state index in [1.807, 2.05) is 0 Å². The Bertz CT molecular complexity index is 1040. The van der Waals surface area contributed by atoms with E-state index in [9.17, 15) is 31.9 Å². The van der Waals surface area contributed by atoms with Gasteiger partial charge in [0.25, 0.3) is 0 Å². The number of nitrogens with one attached hydrogen (secondary N) is 1. The second kappa shape index (κ2) is 8.85. The van der Waals surface area contributed by atoms with Crippen molar-refractivity contribution < 1.29 is 36.7 Å². The number of nitrogens with two attached hydrogens (primary N) is 1. The van der Waals surface area contributed by atoms with Crippen LogP contribution in [0.2, 0.25) is 0 Å². The Morgan fingerprint density at radius 3 is 2.56 bits per heavy atom. The molecule has 172 valence electrons. The maximum atomic E-state index is 14.7. The molecular formula is C19H19F4N5O4. The van der Waals surface area contributed by atoms with Crippen molar-refractivity contribution in [2.45, 2.75) is 31.8 Å². The van der Waals surface area contributed by atoms with Crippen molar-refractivity contribution in [2.75, 3.05) is 18.4 Å². The second-order valence-corrected chi connectivity index (χ2v) is 7.09. The van der Waals surface area contributed by atoms with Crippen molar-refractivity contribution in [1.82, 2.24) is 14.7 Å². The molecule has 3 rings (SSSR count). The fourth-order valence-corrected chi connectivity index (χ4v) is 3.23. The number of nitrogens with zero attached hydrogens (tertiary/aromatic N) is 3. The highest BCUT2D eigenvalue weighted by molar-refractivity contribution is 5.94. The highest BCUT2D eigenvalue weighted by Gasteiger charge is 2.37. The molecule has 0 radical (unpaired) electrons. The van der Waals surface area contributed by atoms with Crippen molar-refractivity contribution in [3.05, 3.63) is 41.6 Å². The van der Waals surface area contributed by atoms with Gasteiger partial charge >= 0.3 is 12.2 Å². The first-order valence-corrected chi connectivity index (χ1v) is 9.40. The molecule has 1 saturated heterocycles. The Morgan fingerprint density at radius 1 is 1.25 bits per heavy atom. The Labute approximate surface area is 179 Å². The molecule has 2 atom stereocenters. The minimum atomic E-state index is -4.85. The minimum absolute atomic E-state index is 0.00561. The average Bonchev–Trinajstić information content (AvgIpc) is 3.15. The minimum Gasteiger partial charge on any atom is -0.487 e. The summed E-state index contributed by atoms with van der Waals surface area (Å²) in [5, 5.41) is 6.30. The van der Waals surface area contributed by atoms with Crippen LogP contribution in [-0.2, 0) is 11.0 Å². The molecule has 1 aromatic carbocycles. The standard InChI is InChI=1S/C19H19F4N5O4/c1-10(29)25-16-5-7-28(26-16)18(31)27-6-4-15(14(20)9-27)32-11-2-3-12(17(24)30)13(8-11)19(21,22)23/h2-3,5,7-8,14-15H,4,6,9H2,1H3,(H2,24,30)(H,25,26,29)/t14-,15+/m1/s1. The molecule has 0 saturated carbocycles. The second-order valence-electron chi connectivity index (χ2n) is 7.09. The topological polar surface area (TPSA) is 120 Å². The number of piperidine rings is 1. The molecule has 1 aliphatic heterocycles. The van der Waals surface area contributed by atoms with E-state index in [1.165, 1.54) is 24.1 Å². The monoisotopic (exact) mass is 457 g/mol. The normalized spacial score (nSPS) is 18.8. The molecule has 13 heteroatoms. The third-order valence-electron chi connectivity index (χ3n) is 4.69. The number of hydrogen-bond acceptors (Lipinski definition) is 5. The first kappa shape index (κ1) is 23.0. The summed E-state index contributed by atoms with van der Waals surface area (Å²) < 4.78 is 60.6. The summed E-state index contributed by atoms with van der Waals surface area (Å²) in [6.07, 6.45) is -6.34. The Morgan fingerprint density at radius 2 is 1.97 bits per heavy atom. The van der Waals surface area contributed by atoms with Gasteiger partial charge in [-0.2, -0.15) is 17.9 Å². The van der Waals surface area contributed by atoms with Gasteiger partial charge < -0.3 is 20.7 Å². The first-order valence-electron chi connectivity index (χ1n) is 9.40. The number of benzene rings is 1. The number of anilines is 1. The fraction of sp³-hybridized carbons (Fsp3) is 0.368. The molecule has 0 spiro atoms. The van der Waals surface area contributed by atoms with Crippen molar-refractivity contribution in [2.24, 2.45) is 5.73 Å². The maximum Gasteiger partial charge on any atom is 0.417 e.